The second-order valence-electron chi connectivity index (χ2n) is 6.47. The molecule has 2 fully saturated rings. The van der Waals surface area contributed by atoms with Gasteiger partial charge in [-0.1, -0.05) is 24.4 Å². The zero-order valence-electron chi connectivity index (χ0n) is 12.3. The Morgan fingerprint density at radius 2 is 1.85 bits per heavy atom. The van der Waals surface area contributed by atoms with Crippen LogP contribution >= 0.6 is 11.6 Å². The minimum absolute atomic E-state index is 0.564. The third-order valence-corrected chi connectivity index (χ3v) is 5.47. The standard InChI is InChI=1S/C17H24ClNO/c1-20-16-5-4-13(18)12-15(16)19-14-6-10-17(11-7-14)8-2-3-9-17/h4-5,12,14,19H,2-3,6-11H2,1H3. The molecule has 1 aromatic carbocycles. The Hall–Kier alpha value is -0.890. The molecule has 0 saturated heterocycles. The van der Waals surface area contributed by atoms with Crippen molar-refractivity contribution in [3.63, 3.8) is 0 Å². The van der Waals surface area contributed by atoms with Crippen LogP contribution in [0, 0.1) is 5.41 Å². The molecule has 3 heteroatoms. The summed E-state index contributed by atoms with van der Waals surface area (Å²) < 4.78 is 5.41. The molecule has 0 radical (unpaired) electrons. The zero-order chi connectivity index (χ0) is 14.0. The van der Waals surface area contributed by atoms with Crippen LogP contribution in [0.5, 0.6) is 5.75 Å². The third kappa shape index (κ3) is 2.90. The highest BCUT2D eigenvalue weighted by Crippen LogP contribution is 2.49. The van der Waals surface area contributed by atoms with Crippen LogP contribution in [0.4, 0.5) is 5.69 Å². The number of benzene rings is 1. The molecule has 0 unspecified atom stereocenters. The van der Waals surface area contributed by atoms with E-state index in [1.807, 2.05) is 18.2 Å². The quantitative estimate of drug-likeness (QED) is 0.820. The maximum absolute atomic E-state index is 6.09. The zero-order valence-corrected chi connectivity index (χ0v) is 13.0. The van der Waals surface area contributed by atoms with Gasteiger partial charge in [0.1, 0.15) is 5.75 Å². The lowest BCUT2D eigenvalue weighted by molar-refractivity contribution is 0.188. The van der Waals surface area contributed by atoms with Gasteiger partial charge in [0.25, 0.3) is 0 Å². The van der Waals surface area contributed by atoms with Crippen molar-refractivity contribution < 1.29 is 4.74 Å². The van der Waals surface area contributed by atoms with E-state index in [9.17, 15) is 0 Å². The van der Waals surface area contributed by atoms with Crippen LogP contribution in [-0.2, 0) is 0 Å². The van der Waals surface area contributed by atoms with Gasteiger partial charge in [0.15, 0.2) is 0 Å². The average Bonchev–Trinajstić information content (AvgIpc) is 2.90. The molecule has 0 amide bonds. The number of anilines is 1. The summed E-state index contributed by atoms with van der Waals surface area (Å²) in [5.41, 5.74) is 1.73. The Kier molecular flexibility index (Phi) is 4.11. The molecule has 3 rings (SSSR count). The van der Waals surface area contributed by atoms with E-state index in [0.29, 0.717) is 11.5 Å². The summed E-state index contributed by atoms with van der Waals surface area (Å²) >= 11 is 6.09. The molecule has 1 spiro atoms. The Balaban J connectivity index is 1.63. The molecule has 0 bridgehead atoms. The minimum atomic E-state index is 0.564. The number of nitrogens with one attached hydrogen (secondary N) is 1. The average molecular weight is 294 g/mol. The van der Waals surface area contributed by atoms with E-state index in [1.165, 1.54) is 51.4 Å². The molecule has 20 heavy (non-hydrogen) atoms. The molecular formula is C17H24ClNO. The predicted octanol–water partition coefficient (Wildman–Crippen LogP) is 5.26. The van der Waals surface area contributed by atoms with E-state index in [-0.39, 0.29) is 0 Å². The Morgan fingerprint density at radius 3 is 2.50 bits per heavy atom. The summed E-state index contributed by atoms with van der Waals surface area (Å²) in [6.07, 6.45) is 11.1. The molecule has 2 aliphatic rings. The Labute approximate surface area is 126 Å². The van der Waals surface area contributed by atoms with Gasteiger partial charge in [0, 0.05) is 11.1 Å². The SMILES string of the molecule is COc1ccc(Cl)cc1NC1CCC2(CCCC2)CC1. The highest BCUT2D eigenvalue weighted by Gasteiger charge is 2.37. The first-order chi connectivity index (χ1) is 9.71. The van der Waals surface area contributed by atoms with Crippen molar-refractivity contribution in [2.75, 3.05) is 12.4 Å². The lowest BCUT2D eigenvalue weighted by Crippen LogP contribution is -2.31. The van der Waals surface area contributed by atoms with Crippen molar-refractivity contribution in [1.29, 1.82) is 0 Å². The van der Waals surface area contributed by atoms with E-state index in [0.717, 1.165) is 16.5 Å². The summed E-state index contributed by atoms with van der Waals surface area (Å²) in [6, 6.07) is 6.35. The van der Waals surface area contributed by atoms with Crippen LogP contribution in [-0.4, -0.2) is 13.2 Å². The molecule has 2 aliphatic carbocycles. The molecule has 0 atom stereocenters. The first-order valence-corrected chi connectivity index (χ1v) is 8.19. The van der Waals surface area contributed by atoms with Crippen LogP contribution < -0.4 is 10.1 Å². The van der Waals surface area contributed by atoms with E-state index >= 15 is 0 Å². The Morgan fingerprint density at radius 1 is 1.15 bits per heavy atom. The number of halogens is 1. The van der Waals surface area contributed by atoms with Gasteiger partial charge >= 0.3 is 0 Å². The first-order valence-electron chi connectivity index (χ1n) is 7.81. The van der Waals surface area contributed by atoms with Gasteiger partial charge in [0.05, 0.1) is 12.8 Å². The van der Waals surface area contributed by atoms with Crippen molar-refractivity contribution in [2.24, 2.45) is 5.41 Å². The van der Waals surface area contributed by atoms with Crippen LogP contribution in [0.15, 0.2) is 18.2 Å². The lowest BCUT2D eigenvalue weighted by atomic mass is 9.71. The van der Waals surface area contributed by atoms with E-state index in [4.69, 9.17) is 16.3 Å². The van der Waals surface area contributed by atoms with E-state index < -0.39 is 0 Å². The summed E-state index contributed by atoms with van der Waals surface area (Å²) in [5, 5.41) is 4.40. The van der Waals surface area contributed by atoms with Gasteiger partial charge in [0.2, 0.25) is 0 Å². The fourth-order valence-electron chi connectivity index (χ4n) is 4.01. The predicted molar refractivity (Wildman–Crippen MR) is 84.8 cm³/mol. The molecule has 0 aromatic heterocycles. The van der Waals surface area contributed by atoms with Crippen molar-refractivity contribution in [2.45, 2.75) is 57.4 Å². The Bertz CT molecular complexity index is 458. The smallest absolute Gasteiger partial charge is 0.142 e. The largest absolute Gasteiger partial charge is 0.495 e. The fourth-order valence-corrected chi connectivity index (χ4v) is 4.18. The van der Waals surface area contributed by atoms with Gasteiger partial charge < -0.3 is 10.1 Å². The third-order valence-electron chi connectivity index (χ3n) is 5.23. The van der Waals surface area contributed by atoms with Crippen LogP contribution in [0.3, 0.4) is 0 Å². The molecular weight excluding hydrogens is 270 g/mol. The summed E-state index contributed by atoms with van der Waals surface area (Å²) in [7, 11) is 1.71. The monoisotopic (exact) mass is 293 g/mol. The molecule has 2 nitrogen and oxygen atoms in total. The normalized spacial score (nSPS) is 22.1. The van der Waals surface area contributed by atoms with Crippen molar-refractivity contribution >= 4 is 17.3 Å². The highest BCUT2D eigenvalue weighted by atomic mass is 35.5. The van der Waals surface area contributed by atoms with Gasteiger partial charge in [-0.25, -0.2) is 0 Å². The molecule has 0 heterocycles. The van der Waals surface area contributed by atoms with Crippen LogP contribution in [0.25, 0.3) is 0 Å². The lowest BCUT2D eigenvalue weighted by Gasteiger charge is -2.38. The summed E-state index contributed by atoms with van der Waals surface area (Å²) in [6.45, 7) is 0. The van der Waals surface area contributed by atoms with Crippen molar-refractivity contribution in [3.05, 3.63) is 23.2 Å². The first kappa shape index (κ1) is 14.1. The molecule has 1 aromatic rings. The van der Waals surface area contributed by atoms with Gasteiger partial charge in [-0.3, -0.25) is 0 Å². The van der Waals surface area contributed by atoms with Gasteiger partial charge in [-0.05, 0) is 62.1 Å². The molecule has 1 N–H and O–H groups in total. The topological polar surface area (TPSA) is 21.3 Å². The van der Waals surface area contributed by atoms with Gasteiger partial charge in [-0.2, -0.15) is 0 Å². The van der Waals surface area contributed by atoms with Crippen molar-refractivity contribution in [1.82, 2.24) is 0 Å². The highest BCUT2D eigenvalue weighted by molar-refractivity contribution is 6.30. The summed E-state index contributed by atoms with van der Waals surface area (Å²) in [5.74, 6) is 0.885. The van der Waals surface area contributed by atoms with Crippen LogP contribution in [0.1, 0.15) is 51.4 Å². The van der Waals surface area contributed by atoms with Gasteiger partial charge in [-0.15, -0.1) is 0 Å². The van der Waals surface area contributed by atoms with E-state index in [2.05, 4.69) is 5.32 Å². The number of ether oxygens (including phenoxy) is 1. The number of hydrogen-bond acceptors (Lipinski definition) is 2. The molecule has 2 saturated carbocycles. The fraction of sp³-hybridized carbons (Fsp3) is 0.647. The van der Waals surface area contributed by atoms with E-state index in [1.54, 1.807) is 7.11 Å². The summed E-state index contributed by atoms with van der Waals surface area (Å²) in [4.78, 5) is 0. The number of hydrogen-bond donors (Lipinski definition) is 1. The maximum Gasteiger partial charge on any atom is 0.142 e. The molecule has 0 aliphatic heterocycles. The minimum Gasteiger partial charge on any atom is -0.495 e. The van der Waals surface area contributed by atoms with Crippen LogP contribution in [0.2, 0.25) is 5.02 Å². The second-order valence-corrected chi connectivity index (χ2v) is 6.91. The maximum atomic E-state index is 6.09. The second kappa shape index (κ2) is 5.85. The number of methoxy groups -OCH3 is 1. The van der Waals surface area contributed by atoms with Crippen molar-refractivity contribution in [3.8, 4) is 5.75 Å². The number of rotatable bonds is 3. The molecule has 110 valence electrons.